The Labute approximate surface area is 139 Å². The fourth-order valence-corrected chi connectivity index (χ4v) is 3.60. The number of hydrogen-bond acceptors (Lipinski definition) is 5. The van der Waals surface area contributed by atoms with E-state index in [1.807, 2.05) is 6.07 Å². The number of nitrogens with one attached hydrogen (secondary N) is 1. The number of sulfonamides is 1. The van der Waals surface area contributed by atoms with Gasteiger partial charge in [0, 0.05) is 18.8 Å². The lowest BCUT2D eigenvalue weighted by Crippen LogP contribution is -2.28. The molecule has 0 aliphatic heterocycles. The molecule has 0 spiro atoms. The molecule has 0 saturated heterocycles. The van der Waals surface area contributed by atoms with Crippen LogP contribution in [-0.2, 0) is 16.6 Å². The summed E-state index contributed by atoms with van der Waals surface area (Å²) in [5, 5.41) is 1.12. The number of thioether (sulfide) groups is 1. The summed E-state index contributed by atoms with van der Waals surface area (Å²) in [6, 6.07) is 7.17. The van der Waals surface area contributed by atoms with Crippen molar-refractivity contribution in [3.8, 4) is 0 Å². The first-order chi connectivity index (χ1) is 11.0. The highest BCUT2D eigenvalue weighted by Crippen LogP contribution is 2.17. The minimum Gasteiger partial charge on any atom is -0.283 e. The fourth-order valence-electron chi connectivity index (χ4n) is 1.99. The van der Waals surface area contributed by atoms with Gasteiger partial charge < -0.3 is 0 Å². The molecule has 0 fully saturated rings. The van der Waals surface area contributed by atoms with Crippen LogP contribution in [0.25, 0.3) is 10.9 Å². The molecule has 1 heterocycles. The van der Waals surface area contributed by atoms with Crippen molar-refractivity contribution in [2.45, 2.75) is 18.6 Å². The van der Waals surface area contributed by atoms with Crippen molar-refractivity contribution < 1.29 is 8.42 Å². The molecule has 2 aromatic rings. The highest BCUT2D eigenvalue weighted by atomic mass is 32.2. The van der Waals surface area contributed by atoms with Crippen molar-refractivity contribution in [1.29, 1.82) is 0 Å². The van der Waals surface area contributed by atoms with Crippen molar-refractivity contribution in [3.05, 3.63) is 47.3 Å². The molecule has 8 heteroatoms. The van der Waals surface area contributed by atoms with Crippen LogP contribution in [0.15, 0.2) is 46.9 Å². The molecule has 124 valence electrons. The predicted octanol–water partition coefficient (Wildman–Crippen LogP) is 1.61. The van der Waals surface area contributed by atoms with Crippen LogP contribution in [-0.4, -0.2) is 36.0 Å². The van der Waals surface area contributed by atoms with Gasteiger partial charge in [0.2, 0.25) is 10.0 Å². The monoisotopic (exact) mass is 353 g/mol. The molecule has 1 aromatic carbocycles. The number of fused-ring (bicyclic) bond motifs is 1. The van der Waals surface area contributed by atoms with Crippen molar-refractivity contribution >= 4 is 32.7 Å². The van der Waals surface area contributed by atoms with E-state index in [9.17, 15) is 13.2 Å². The number of para-hydroxylation sites is 1. The summed E-state index contributed by atoms with van der Waals surface area (Å²) in [5.74, 6) is 0.536. The molecule has 23 heavy (non-hydrogen) atoms. The van der Waals surface area contributed by atoms with Gasteiger partial charge in [0.05, 0.1) is 16.7 Å². The van der Waals surface area contributed by atoms with Crippen LogP contribution in [0.5, 0.6) is 0 Å². The molecule has 0 aliphatic carbocycles. The zero-order chi connectivity index (χ0) is 16.9. The van der Waals surface area contributed by atoms with Gasteiger partial charge in [0.1, 0.15) is 0 Å². The number of hydrogen-bond donors (Lipinski definition) is 1. The van der Waals surface area contributed by atoms with Gasteiger partial charge in [-0.05, 0) is 19.1 Å². The van der Waals surface area contributed by atoms with Gasteiger partial charge in [-0.15, -0.1) is 6.58 Å². The predicted molar refractivity (Wildman–Crippen MR) is 94.4 cm³/mol. The largest absolute Gasteiger partial charge is 0.283 e. The summed E-state index contributed by atoms with van der Waals surface area (Å²) >= 11 is 1.34. The van der Waals surface area contributed by atoms with E-state index in [1.54, 1.807) is 35.8 Å². The molecule has 0 atom stereocenters. The van der Waals surface area contributed by atoms with Gasteiger partial charge in [-0.1, -0.05) is 30.0 Å². The van der Waals surface area contributed by atoms with Crippen molar-refractivity contribution in [3.63, 3.8) is 0 Å². The van der Waals surface area contributed by atoms with Gasteiger partial charge >= 0.3 is 0 Å². The van der Waals surface area contributed by atoms with Crippen molar-refractivity contribution in [2.24, 2.45) is 0 Å². The lowest BCUT2D eigenvalue weighted by molar-refractivity contribution is 0.585. The Balaban J connectivity index is 2.23. The maximum absolute atomic E-state index is 12.5. The van der Waals surface area contributed by atoms with E-state index in [4.69, 9.17) is 0 Å². The number of nitrogens with zero attached hydrogens (tertiary/aromatic N) is 2. The topological polar surface area (TPSA) is 81.1 Å². The fraction of sp³-hybridized carbons (Fsp3) is 0.333. The van der Waals surface area contributed by atoms with Crippen LogP contribution >= 0.6 is 11.8 Å². The smallest absolute Gasteiger partial charge is 0.262 e. The maximum atomic E-state index is 12.5. The molecule has 6 nitrogen and oxygen atoms in total. The maximum Gasteiger partial charge on any atom is 0.262 e. The Bertz CT molecular complexity index is 860. The van der Waals surface area contributed by atoms with E-state index in [0.717, 1.165) is 0 Å². The van der Waals surface area contributed by atoms with Gasteiger partial charge in [0.25, 0.3) is 5.56 Å². The molecule has 0 saturated carbocycles. The SMILES string of the molecule is C=CCn1c(SCCNS(=O)(=O)CC)nc2ccccc2c1=O. The van der Waals surface area contributed by atoms with Crippen molar-refractivity contribution in [1.82, 2.24) is 14.3 Å². The van der Waals surface area contributed by atoms with Gasteiger partial charge in [0.15, 0.2) is 5.16 Å². The molecule has 0 amide bonds. The first-order valence-corrected chi connectivity index (χ1v) is 9.83. The Hall–Kier alpha value is -1.64. The number of benzene rings is 1. The Morgan fingerprint density at radius 1 is 1.39 bits per heavy atom. The van der Waals surface area contributed by atoms with Crippen molar-refractivity contribution in [2.75, 3.05) is 18.1 Å². The normalized spacial score (nSPS) is 11.7. The Morgan fingerprint density at radius 3 is 2.83 bits per heavy atom. The van der Waals surface area contributed by atoms with Gasteiger partial charge in [-0.25, -0.2) is 18.1 Å². The van der Waals surface area contributed by atoms with Crippen LogP contribution in [0.1, 0.15) is 6.92 Å². The highest BCUT2D eigenvalue weighted by Gasteiger charge is 2.11. The zero-order valence-corrected chi connectivity index (χ0v) is 14.5. The second kappa shape index (κ2) is 7.76. The lowest BCUT2D eigenvalue weighted by Gasteiger charge is -2.11. The van der Waals surface area contributed by atoms with E-state index in [0.29, 0.717) is 28.4 Å². The highest BCUT2D eigenvalue weighted by molar-refractivity contribution is 7.99. The van der Waals surface area contributed by atoms with E-state index < -0.39 is 10.0 Å². The standard InChI is InChI=1S/C15H19N3O3S2/c1-3-10-18-14(19)12-7-5-6-8-13(12)17-15(18)22-11-9-16-23(20,21)4-2/h3,5-8,16H,1,4,9-11H2,2H3. The third-order valence-corrected chi connectivity index (χ3v) is 5.56. The lowest BCUT2D eigenvalue weighted by atomic mass is 10.2. The second-order valence-corrected chi connectivity index (χ2v) is 7.92. The summed E-state index contributed by atoms with van der Waals surface area (Å²) in [5.41, 5.74) is 0.515. The molecule has 1 aromatic heterocycles. The first kappa shape index (κ1) is 17.7. The second-order valence-electron chi connectivity index (χ2n) is 4.76. The minimum atomic E-state index is -3.21. The van der Waals surface area contributed by atoms with Crippen LogP contribution in [0.3, 0.4) is 0 Å². The number of aromatic nitrogens is 2. The Morgan fingerprint density at radius 2 is 2.13 bits per heavy atom. The van der Waals surface area contributed by atoms with E-state index in [1.165, 1.54) is 11.8 Å². The third-order valence-electron chi connectivity index (χ3n) is 3.17. The van der Waals surface area contributed by atoms with Crippen LogP contribution in [0.4, 0.5) is 0 Å². The average Bonchev–Trinajstić information content (AvgIpc) is 2.55. The molecule has 2 rings (SSSR count). The molecule has 0 radical (unpaired) electrons. The summed E-state index contributed by atoms with van der Waals surface area (Å²) < 4.78 is 26.9. The third kappa shape index (κ3) is 4.43. The molecule has 0 unspecified atom stereocenters. The average molecular weight is 353 g/mol. The van der Waals surface area contributed by atoms with Gasteiger partial charge in [-0.3, -0.25) is 9.36 Å². The summed E-state index contributed by atoms with van der Waals surface area (Å²) in [7, 11) is -3.21. The van der Waals surface area contributed by atoms with E-state index in [-0.39, 0.29) is 17.9 Å². The van der Waals surface area contributed by atoms with Crippen LogP contribution in [0, 0.1) is 0 Å². The quantitative estimate of drug-likeness (QED) is 0.337. The first-order valence-electron chi connectivity index (χ1n) is 7.19. The van der Waals surface area contributed by atoms with Crippen LogP contribution < -0.4 is 10.3 Å². The molecular weight excluding hydrogens is 334 g/mol. The molecule has 0 bridgehead atoms. The number of allylic oxidation sites excluding steroid dienone is 1. The summed E-state index contributed by atoms with van der Waals surface area (Å²) in [4.78, 5) is 17.0. The molecule has 1 N–H and O–H groups in total. The summed E-state index contributed by atoms with van der Waals surface area (Å²) in [6.45, 7) is 5.91. The van der Waals surface area contributed by atoms with E-state index >= 15 is 0 Å². The molecule has 0 aliphatic rings. The van der Waals surface area contributed by atoms with Gasteiger partial charge in [-0.2, -0.15) is 0 Å². The Kier molecular flexibility index (Phi) is 5.97. The van der Waals surface area contributed by atoms with Crippen LogP contribution in [0.2, 0.25) is 0 Å². The number of rotatable bonds is 8. The molecular formula is C15H19N3O3S2. The van der Waals surface area contributed by atoms with E-state index in [2.05, 4.69) is 16.3 Å². The minimum absolute atomic E-state index is 0.0487. The summed E-state index contributed by atoms with van der Waals surface area (Å²) in [6.07, 6.45) is 1.64. The zero-order valence-electron chi connectivity index (χ0n) is 12.9.